The molecule has 0 amide bonds. The average molecular weight is 251 g/mol. The van der Waals surface area contributed by atoms with Crippen LogP contribution in [0.25, 0.3) is 0 Å². The number of rotatable bonds is 6. The first-order chi connectivity index (χ1) is 8.74. The molecule has 1 N–H and O–H groups in total. The molecule has 0 bridgehead atoms. The molecule has 0 aliphatic heterocycles. The summed E-state index contributed by atoms with van der Waals surface area (Å²) in [6.07, 6.45) is 4.84. The number of hydrogen-bond acceptors (Lipinski definition) is 6. The van der Waals surface area contributed by atoms with Crippen LogP contribution in [-0.2, 0) is 12.0 Å². The van der Waals surface area contributed by atoms with Crippen LogP contribution < -0.4 is 0 Å². The fourth-order valence-corrected chi connectivity index (χ4v) is 1.84. The Balaban J connectivity index is 2.19. The van der Waals surface area contributed by atoms with Gasteiger partial charge in [-0.25, -0.2) is 4.68 Å². The molecule has 0 spiro atoms. The number of aromatic nitrogens is 5. The van der Waals surface area contributed by atoms with E-state index in [1.807, 2.05) is 13.8 Å². The van der Waals surface area contributed by atoms with Gasteiger partial charge in [-0.2, -0.15) is 4.98 Å². The molecule has 0 fully saturated rings. The first-order valence-electron chi connectivity index (χ1n) is 6.02. The molecule has 0 aliphatic rings. The minimum atomic E-state index is -0.437. The zero-order valence-electron chi connectivity index (χ0n) is 10.6. The third kappa shape index (κ3) is 2.26. The van der Waals surface area contributed by atoms with Crippen molar-refractivity contribution in [3.63, 3.8) is 0 Å². The summed E-state index contributed by atoms with van der Waals surface area (Å²) in [4.78, 5) is 4.34. The van der Waals surface area contributed by atoms with Crippen LogP contribution in [0.3, 0.4) is 0 Å². The van der Waals surface area contributed by atoms with E-state index >= 15 is 0 Å². The summed E-state index contributed by atoms with van der Waals surface area (Å²) in [6, 6.07) is 0. The second-order valence-electron chi connectivity index (χ2n) is 4.26. The Labute approximate surface area is 105 Å². The van der Waals surface area contributed by atoms with E-state index in [0.717, 1.165) is 12.8 Å². The molecular weight excluding hydrogens is 234 g/mol. The summed E-state index contributed by atoms with van der Waals surface area (Å²) < 4.78 is 6.89. The van der Waals surface area contributed by atoms with Crippen LogP contribution in [0.5, 0.6) is 0 Å². The Morgan fingerprint density at radius 3 is 2.72 bits per heavy atom. The van der Waals surface area contributed by atoms with Crippen LogP contribution in [0, 0.1) is 0 Å². The van der Waals surface area contributed by atoms with Gasteiger partial charge in [0.2, 0.25) is 5.89 Å². The largest absolute Gasteiger partial charge is 0.395 e. The monoisotopic (exact) mass is 251 g/mol. The Morgan fingerprint density at radius 1 is 1.39 bits per heavy atom. The van der Waals surface area contributed by atoms with Crippen molar-refractivity contribution in [1.82, 2.24) is 25.1 Å². The van der Waals surface area contributed by atoms with Gasteiger partial charge in [0.1, 0.15) is 6.54 Å². The second-order valence-corrected chi connectivity index (χ2v) is 4.26. The van der Waals surface area contributed by atoms with Crippen molar-refractivity contribution >= 4 is 0 Å². The molecular formula is C11H17N5O2. The van der Waals surface area contributed by atoms with Gasteiger partial charge in [0.15, 0.2) is 5.82 Å². The van der Waals surface area contributed by atoms with Crippen molar-refractivity contribution in [1.29, 1.82) is 0 Å². The minimum Gasteiger partial charge on any atom is -0.395 e. The molecule has 7 heteroatoms. The number of aliphatic hydroxyl groups excluding tert-OH is 1. The van der Waals surface area contributed by atoms with Crippen LogP contribution in [0.2, 0.25) is 0 Å². The van der Waals surface area contributed by atoms with Gasteiger partial charge < -0.3 is 9.63 Å². The van der Waals surface area contributed by atoms with Crippen molar-refractivity contribution in [3.05, 3.63) is 24.1 Å². The first kappa shape index (κ1) is 12.7. The molecule has 0 aromatic carbocycles. The van der Waals surface area contributed by atoms with Gasteiger partial charge in [0.25, 0.3) is 0 Å². The van der Waals surface area contributed by atoms with E-state index in [1.165, 1.54) is 0 Å². The molecule has 0 saturated heterocycles. The highest BCUT2D eigenvalue weighted by atomic mass is 16.5. The zero-order chi connectivity index (χ0) is 13.0. The third-order valence-electron chi connectivity index (χ3n) is 3.35. The predicted molar refractivity (Wildman–Crippen MR) is 62.8 cm³/mol. The molecule has 2 heterocycles. The molecule has 7 nitrogen and oxygen atoms in total. The Morgan fingerprint density at radius 2 is 2.17 bits per heavy atom. The predicted octanol–water partition coefficient (Wildman–Crippen LogP) is 0.759. The molecule has 0 saturated carbocycles. The highest BCUT2D eigenvalue weighted by Crippen LogP contribution is 2.29. The van der Waals surface area contributed by atoms with Crippen molar-refractivity contribution in [3.8, 4) is 0 Å². The van der Waals surface area contributed by atoms with E-state index in [1.54, 1.807) is 17.1 Å². The maximum absolute atomic E-state index is 9.54. The SMILES string of the molecule is CCC(CC)(CO)c1nc(Cn2ccnn2)no1. The molecule has 2 aromatic heterocycles. The molecule has 98 valence electrons. The number of nitrogens with zero attached hydrogens (tertiary/aromatic N) is 5. The lowest BCUT2D eigenvalue weighted by Gasteiger charge is -2.24. The van der Waals surface area contributed by atoms with E-state index in [4.69, 9.17) is 4.52 Å². The molecule has 2 aromatic rings. The maximum atomic E-state index is 9.54. The van der Waals surface area contributed by atoms with Crippen LogP contribution >= 0.6 is 0 Å². The van der Waals surface area contributed by atoms with Gasteiger partial charge in [0.05, 0.1) is 18.2 Å². The van der Waals surface area contributed by atoms with Crippen molar-refractivity contribution in [2.45, 2.75) is 38.6 Å². The quantitative estimate of drug-likeness (QED) is 0.815. The molecule has 0 atom stereocenters. The van der Waals surface area contributed by atoms with Crippen LogP contribution in [0.4, 0.5) is 0 Å². The molecule has 0 unspecified atom stereocenters. The minimum absolute atomic E-state index is 0.00492. The first-order valence-corrected chi connectivity index (χ1v) is 6.02. The summed E-state index contributed by atoms with van der Waals surface area (Å²) in [5, 5.41) is 21.0. The van der Waals surface area contributed by atoms with E-state index in [9.17, 15) is 5.11 Å². The summed E-state index contributed by atoms with van der Waals surface area (Å²) >= 11 is 0. The van der Waals surface area contributed by atoms with Gasteiger partial charge in [-0.15, -0.1) is 5.10 Å². The maximum Gasteiger partial charge on any atom is 0.235 e. The lowest BCUT2D eigenvalue weighted by molar-refractivity contribution is 0.146. The normalized spacial score (nSPS) is 11.9. The van der Waals surface area contributed by atoms with E-state index in [-0.39, 0.29) is 6.61 Å². The molecule has 2 rings (SSSR count). The van der Waals surface area contributed by atoms with Crippen molar-refractivity contribution < 1.29 is 9.63 Å². The van der Waals surface area contributed by atoms with Gasteiger partial charge in [-0.05, 0) is 12.8 Å². The van der Waals surface area contributed by atoms with Crippen molar-refractivity contribution in [2.24, 2.45) is 0 Å². The fourth-order valence-electron chi connectivity index (χ4n) is 1.84. The standard InChI is InChI=1S/C11H17N5O2/c1-3-11(4-2,8-17)10-13-9(14-18-10)7-16-6-5-12-15-16/h5-6,17H,3-4,7-8H2,1-2H3. The Bertz CT molecular complexity index is 467. The van der Waals surface area contributed by atoms with Crippen LogP contribution in [-0.4, -0.2) is 36.8 Å². The Hall–Kier alpha value is -1.76. The molecule has 0 radical (unpaired) electrons. The van der Waals surface area contributed by atoms with E-state index in [0.29, 0.717) is 18.3 Å². The van der Waals surface area contributed by atoms with E-state index in [2.05, 4.69) is 20.5 Å². The summed E-state index contributed by atoms with van der Waals surface area (Å²) in [6.45, 7) is 4.42. The zero-order valence-corrected chi connectivity index (χ0v) is 10.6. The lowest BCUT2D eigenvalue weighted by atomic mass is 9.83. The smallest absolute Gasteiger partial charge is 0.235 e. The van der Waals surface area contributed by atoms with Crippen LogP contribution in [0.1, 0.15) is 38.4 Å². The number of hydrogen-bond donors (Lipinski definition) is 1. The molecule has 18 heavy (non-hydrogen) atoms. The van der Waals surface area contributed by atoms with E-state index < -0.39 is 5.41 Å². The van der Waals surface area contributed by atoms with Crippen molar-refractivity contribution in [2.75, 3.05) is 6.61 Å². The van der Waals surface area contributed by atoms with Gasteiger partial charge >= 0.3 is 0 Å². The third-order valence-corrected chi connectivity index (χ3v) is 3.35. The highest BCUT2D eigenvalue weighted by Gasteiger charge is 2.34. The van der Waals surface area contributed by atoms with Gasteiger partial charge in [-0.3, -0.25) is 0 Å². The van der Waals surface area contributed by atoms with Crippen LogP contribution in [0.15, 0.2) is 16.9 Å². The summed E-state index contributed by atoms with van der Waals surface area (Å²) in [5.74, 6) is 1.03. The van der Waals surface area contributed by atoms with Gasteiger partial charge in [0, 0.05) is 6.20 Å². The summed E-state index contributed by atoms with van der Waals surface area (Å²) in [5.41, 5.74) is -0.437. The topological polar surface area (TPSA) is 89.9 Å². The molecule has 0 aliphatic carbocycles. The average Bonchev–Trinajstić information content (AvgIpc) is 3.05. The van der Waals surface area contributed by atoms with Gasteiger partial charge in [-0.1, -0.05) is 24.2 Å². The fraction of sp³-hybridized carbons (Fsp3) is 0.636. The summed E-state index contributed by atoms with van der Waals surface area (Å²) in [7, 11) is 0. The second kappa shape index (κ2) is 5.26. The Kier molecular flexibility index (Phi) is 3.71. The lowest BCUT2D eigenvalue weighted by Crippen LogP contribution is -2.29. The highest BCUT2D eigenvalue weighted by molar-refractivity contribution is 5.04. The number of aliphatic hydroxyl groups is 1.